The van der Waals surface area contributed by atoms with Crippen LogP contribution in [0.3, 0.4) is 0 Å². The predicted octanol–water partition coefficient (Wildman–Crippen LogP) is 3.75. The van der Waals surface area contributed by atoms with E-state index in [2.05, 4.69) is 13.8 Å². The van der Waals surface area contributed by atoms with Gasteiger partial charge in [0.15, 0.2) is 0 Å². The van der Waals surface area contributed by atoms with Gasteiger partial charge in [-0.05, 0) is 0 Å². The van der Waals surface area contributed by atoms with Gasteiger partial charge in [0.1, 0.15) is 0 Å². The van der Waals surface area contributed by atoms with Crippen LogP contribution < -0.4 is 0 Å². The van der Waals surface area contributed by atoms with E-state index in [1.807, 2.05) is 0 Å². The second kappa shape index (κ2) is 12.3. The molecule has 0 aliphatic rings. The Morgan fingerprint density at radius 3 is 1.20 bits per heavy atom. The summed E-state index contributed by atoms with van der Waals surface area (Å²) in [5.41, 5.74) is 0. The number of hydrogen-bond donors (Lipinski definition) is 0. The maximum absolute atomic E-state index is 2.26. The maximum Gasteiger partial charge on any atom is 0 e. The first-order valence-electron chi connectivity index (χ1n) is 4.41. The average Bonchev–Trinajstić information content (AvgIpc) is 1.89. The molecule has 0 aromatic carbocycles. The van der Waals surface area contributed by atoms with Crippen LogP contribution in [0.1, 0.15) is 58.8 Å². The van der Waals surface area contributed by atoms with Crippen molar-refractivity contribution in [1.29, 1.82) is 0 Å². The second-order valence-electron chi connectivity index (χ2n) is 2.77. The van der Waals surface area contributed by atoms with Crippen LogP contribution in [0.25, 0.3) is 0 Å². The Labute approximate surface area is 79.4 Å². The van der Waals surface area contributed by atoms with E-state index in [9.17, 15) is 0 Å². The van der Waals surface area contributed by atoms with Crippen molar-refractivity contribution in [3.63, 3.8) is 0 Å². The molecular weight excluding hydrogens is 215 g/mol. The Morgan fingerprint density at radius 2 is 0.900 bits per heavy atom. The van der Waals surface area contributed by atoms with Crippen LogP contribution in [-0.2, 0) is 20.4 Å². The van der Waals surface area contributed by atoms with Crippen LogP contribution in [0, 0.1) is 0 Å². The first-order chi connectivity index (χ1) is 4.41. The fraction of sp³-hybridized carbons (Fsp3) is 1.00. The minimum Gasteiger partial charge on any atom is -0.0654 e. The van der Waals surface area contributed by atoms with Crippen molar-refractivity contribution in [3.05, 3.63) is 0 Å². The van der Waals surface area contributed by atoms with Gasteiger partial charge in [-0.3, -0.25) is 0 Å². The summed E-state index contributed by atoms with van der Waals surface area (Å²) in [5, 5.41) is 0. The largest absolute Gasteiger partial charge is 0.0654 e. The minimum absolute atomic E-state index is 0. The van der Waals surface area contributed by atoms with Crippen molar-refractivity contribution in [2.75, 3.05) is 0 Å². The topological polar surface area (TPSA) is 0 Å². The van der Waals surface area contributed by atoms with E-state index in [1.165, 1.54) is 44.9 Å². The average molecular weight is 235 g/mol. The van der Waals surface area contributed by atoms with Crippen molar-refractivity contribution in [1.82, 2.24) is 0 Å². The molecule has 1 heteroatoms. The molecule has 0 N–H and O–H groups in total. The molecule has 0 saturated carbocycles. The van der Waals surface area contributed by atoms with E-state index in [1.54, 1.807) is 0 Å². The normalized spacial score (nSPS) is 9.00. The van der Waals surface area contributed by atoms with E-state index in [-0.39, 0.29) is 20.4 Å². The molecule has 66 valence electrons. The van der Waals surface area contributed by atoms with E-state index >= 15 is 0 Å². The zero-order valence-electron chi connectivity index (χ0n) is 7.27. The molecule has 0 saturated heterocycles. The van der Waals surface area contributed by atoms with Crippen molar-refractivity contribution >= 4 is 0 Å². The summed E-state index contributed by atoms with van der Waals surface area (Å²) in [6, 6.07) is 0. The van der Waals surface area contributed by atoms with Crippen LogP contribution in [0.15, 0.2) is 0 Å². The molecular formula is C9H20Pd. The summed E-state index contributed by atoms with van der Waals surface area (Å²) in [5.74, 6) is 0. The van der Waals surface area contributed by atoms with Gasteiger partial charge < -0.3 is 0 Å². The minimum atomic E-state index is 0. The van der Waals surface area contributed by atoms with Crippen molar-refractivity contribution in [3.8, 4) is 0 Å². The second-order valence-corrected chi connectivity index (χ2v) is 2.77. The first-order valence-corrected chi connectivity index (χ1v) is 4.41. The SMILES string of the molecule is CCCCCCCCC.[Pd]. The fourth-order valence-corrected chi connectivity index (χ4v) is 1.03. The molecule has 0 unspecified atom stereocenters. The Morgan fingerprint density at radius 1 is 0.600 bits per heavy atom. The summed E-state index contributed by atoms with van der Waals surface area (Å²) in [6.07, 6.45) is 9.97. The molecule has 0 atom stereocenters. The van der Waals surface area contributed by atoms with Crippen molar-refractivity contribution in [2.45, 2.75) is 58.8 Å². The van der Waals surface area contributed by atoms with Crippen LogP contribution >= 0.6 is 0 Å². The number of unbranched alkanes of at least 4 members (excludes halogenated alkanes) is 6. The van der Waals surface area contributed by atoms with Crippen molar-refractivity contribution < 1.29 is 20.4 Å². The smallest absolute Gasteiger partial charge is 0 e. The van der Waals surface area contributed by atoms with Gasteiger partial charge in [0, 0.05) is 20.4 Å². The molecule has 10 heavy (non-hydrogen) atoms. The molecule has 0 aliphatic heterocycles. The molecule has 0 bridgehead atoms. The molecule has 0 aromatic heterocycles. The Bertz CT molecular complexity index is 38.0. The summed E-state index contributed by atoms with van der Waals surface area (Å²) in [6.45, 7) is 4.53. The first kappa shape index (κ1) is 13.3. The summed E-state index contributed by atoms with van der Waals surface area (Å²) >= 11 is 0. The van der Waals surface area contributed by atoms with Crippen molar-refractivity contribution in [2.24, 2.45) is 0 Å². The fourth-order valence-electron chi connectivity index (χ4n) is 1.03. The Balaban J connectivity index is 0. The van der Waals surface area contributed by atoms with Gasteiger partial charge in [-0.2, -0.15) is 0 Å². The van der Waals surface area contributed by atoms with E-state index < -0.39 is 0 Å². The standard InChI is InChI=1S/C9H20.Pd/c1-3-5-7-9-8-6-4-2;/h3-9H2,1-2H3;. The summed E-state index contributed by atoms with van der Waals surface area (Å²) in [4.78, 5) is 0. The van der Waals surface area contributed by atoms with Gasteiger partial charge in [-0.15, -0.1) is 0 Å². The third-order valence-corrected chi connectivity index (χ3v) is 1.71. The van der Waals surface area contributed by atoms with E-state index in [0.717, 1.165) is 0 Å². The van der Waals surface area contributed by atoms with E-state index in [4.69, 9.17) is 0 Å². The van der Waals surface area contributed by atoms with Gasteiger partial charge in [0.2, 0.25) is 0 Å². The number of rotatable bonds is 6. The molecule has 0 nitrogen and oxygen atoms in total. The Kier molecular flexibility index (Phi) is 16.4. The van der Waals surface area contributed by atoms with Gasteiger partial charge >= 0.3 is 0 Å². The third kappa shape index (κ3) is 11.5. The van der Waals surface area contributed by atoms with E-state index in [0.29, 0.717) is 0 Å². The molecule has 0 radical (unpaired) electrons. The molecule has 0 aromatic rings. The van der Waals surface area contributed by atoms with Gasteiger partial charge in [-0.25, -0.2) is 0 Å². The third-order valence-electron chi connectivity index (χ3n) is 1.71. The van der Waals surface area contributed by atoms with Gasteiger partial charge in [-0.1, -0.05) is 58.8 Å². The molecule has 0 heterocycles. The zero-order chi connectivity index (χ0) is 6.95. The molecule has 0 aliphatic carbocycles. The Hall–Kier alpha value is 0.662. The molecule has 0 fully saturated rings. The predicted molar refractivity (Wildman–Crippen MR) is 43.7 cm³/mol. The van der Waals surface area contributed by atoms with Gasteiger partial charge in [0.25, 0.3) is 0 Å². The summed E-state index contributed by atoms with van der Waals surface area (Å²) in [7, 11) is 0. The van der Waals surface area contributed by atoms with Crippen LogP contribution in [-0.4, -0.2) is 0 Å². The quantitative estimate of drug-likeness (QED) is 0.485. The van der Waals surface area contributed by atoms with Crippen LogP contribution in [0.2, 0.25) is 0 Å². The molecule has 0 amide bonds. The summed E-state index contributed by atoms with van der Waals surface area (Å²) < 4.78 is 0. The number of hydrogen-bond acceptors (Lipinski definition) is 0. The molecule has 0 spiro atoms. The zero-order valence-corrected chi connectivity index (χ0v) is 8.82. The monoisotopic (exact) mass is 234 g/mol. The molecule has 0 rings (SSSR count). The van der Waals surface area contributed by atoms with Crippen LogP contribution in [0.4, 0.5) is 0 Å². The van der Waals surface area contributed by atoms with Crippen LogP contribution in [0.5, 0.6) is 0 Å². The maximum atomic E-state index is 2.26. The van der Waals surface area contributed by atoms with Gasteiger partial charge in [0.05, 0.1) is 0 Å².